The molecule has 1 aliphatic rings. The molecule has 0 radical (unpaired) electrons. The molecule has 1 N–H and O–H groups in total. The second-order valence-electron chi connectivity index (χ2n) is 8.69. The summed E-state index contributed by atoms with van der Waals surface area (Å²) in [7, 11) is -2.17. The van der Waals surface area contributed by atoms with Gasteiger partial charge < -0.3 is 4.74 Å². The molecule has 0 saturated heterocycles. The number of para-hydroxylation sites is 1. The molecule has 190 valence electrons. The van der Waals surface area contributed by atoms with Crippen molar-refractivity contribution in [2.45, 2.75) is 21.3 Å². The Hall–Kier alpha value is -3.99. The van der Waals surface area contributed by atoms with Gasteiger partial charge in [-0.1, -0.05) is 78.5 Å². The van der Waals surface area contributed by atoms with Gasteiger partial charge in [0.1, 0.15) is 12.1 Å². The van der Waals surface area contributed by atoms with E-state index in [9.17, 15) is 8.42 Å². The Morgan fingerprint density at radius 3 is 2.47 bits per heavy atom. The van der Waals surface area contributed by atoms with E-state index in [1.54, 1.807) is 48.3 Å². The zero-order valence-electron chi connectivity index (χ0n) is 20.3. The van der Waals surface area contributed by atoms with Crippen LogP contribution < -0.4 is 9.46 Å². The van der Waals surface area contributed by atoms with Crippen molar-refractivity contribution in [3.8, 4) is 5.75 Å². The van der Waals surface area contributed by atoms with E-state index in [1.807, 2.05) is 60.7 Å². The van der Waals surface area contributed by atoms with Crippen molar-refractivity contribution in [2.75, 3.05) is 7.11 Å². The number of methoxy groups -OCH3 is 1. The average Bonchev–Trinajstić information content (AvgIpc) is 3.52. The smallest absolute Gasteiger partial charge is 0.241 e. The van der Waals surface area contributed by atoms with E-state index >= 15 is 0 Å². The van der Waals surface area contributed by atoms with Crippen molar-refractivity contribution in [2.24, 2.45) is 5.10 Å². The van der Waals surface area contributed by atoms with E-state index < -0.39 is 16.1 Å². The highest BCUT2D eigenvalue weighted by Crippen LogP contribution is 2.53. The molecule has 0 spiro atoms. The highest BCUT2D eigenvalue weighted by atomic mass is 32.2. The number of nitrogens with zero attached hydrogens (tertiary/aromatic N) is 4. The standard InChI is InChI=1S/C28H23N5O3S2/c1-36-24-16-6-5-9-20(24)17-30-33-18-29-31-28(33)37-27-23-15-8-11-19-10-7-14-22(25(19)23)26(27)32-38(34,35)21-12-3-2-4-13-21/h2-18,26-27,32H,1H3/b30-17-. The average molecular weight is 542 g/mol. The fourth-order valence-electron chi connectivity index (χ4n) is 4.72. The molecule has 6 rings (SSSR count). The molecule has 1 aliphatic carbocycles. The molecule has 0 fully saturated rings. The van der Waals surface area contributed by atoms with Gasteiger partial charge in [0.15, 0.2) is 0 Å². The largest absolute Gasteiger partial charge is 0.496 e. The Morgan fingerprint density at radius 2 is 1.68 bits per heavy atom. The first kappa shape index (κ1) is 24.4. The zero-order chi connectivity index (χ0) is 26.1. The topological polar surface area (TPSA) is 98.5 Å². The van der Waals surface area contributed by atoms with Gasteiger partial charge in [0, 0.05) is 5.56 Å². The maximum atomic E-state index is 13.4. The van der Waals surface area contributed by atoms with Crippen LogP contribution in [0.2, 0.25) is 0 Å². The Kier molecular flexibility index (Phi) is 6.44. The molecule has 5 aromatic rings. The summed E-state index contributed by atoms with van der Waals surface area (Å²) < 4.78 is 36.8. The van der Waals surface area contributed by atoms with Crippen LogP contribution in [0.3, 0.4) is 0 Å². The van der Waals surface area contributed by atoms with Crippen LogP contribution in [0.15, 0.2) is 112 Å². The summed E-state index contributed by atoms with van der Waals surface area (Å²) in [6.07, 6.45) is 3.21. The highest BCUT2D eigenvalue weighted by molar-refractivity contribution is 7.99. The number of ether oxygens (including phenoxy) is 1. The maximum absolute atomic E-state index is 13.4. The Labute approximate surface area is 224 Å². The Bertz CT molecular complexity index is 1750. The van der Waals surface area contributed by atoms with Gasteiger partial charge in [0.05, 0.1) is 29.5 Å². The van der Waals surface area contributed by atoms with Gasteiger partial charge in [-0.2, -0.15) is 9.78 Å². The molecule has 0 amide bonds. The third kappa shape index (κ3) is 4.47. The van der Waals surface area contributed by atoms with Gasteiger partial charge in [-0.25, -0.2) is 13.1 Å². The highest BCUT2D eigenvalue weighted by Gasteiger charge is 2.38. The second-order valence-corrected chi connectivity index (χ2v) is 11.5. The van der Waals surface area contributed by atoms with Crippen LogP contribution in [0.1, 0.15) is 28.0 Å². The number of nitrogens with one attached hydrogen (secondary N) is 1. The third-order valence-corrected chi connectivity index (χ3v) is 9.16. The molecular formula is C28H23N5O3S2. The lowest BCUT2D eigenvalue weighted by Gasteiger charge is -2.22. The van der Waals surface area contributed by atoms with Crippen LogP contribution in [-0.2, 0) is 10.0 Å². The number of aromatic nitrogens is 3. The summed E-state index contributed by atoms with van der Waals surface area (Å²) in [6, 6.07) is 27.5. The number of thioether (sulfide) groups is 1. The lowest BCUT2D eigenvalue weighted by molar-refractivity contribution is 0.414. The van der Waals surface area contributed by atoms with Crippen molar-refractivity contribution in [3.63, 3.8) is 0 Å². The van der Waals surface area contributed by atoms with Gasteiger partial charge in [-0.15, -0.1) is 10.2 Å². The molecule has 38 heavy (non-hydrogen) atoms. The zero-order valence-corrected chi connectivity index (χ0v) is 21.9. The minimum absolute atomic E-state index is 0.219. The molecule has 1 heterocycles. The van der Waals surface area contributed by atoms with Crippen LogP contribution in [-0.4, -0.2) is 36.6 Å². The quantitative estimate of drug-likeness (QED) is 0.272. The van der Waals surface area contributed by atoms with Gasteiger partial charge in [-0.05, 0) is 46.2 Å². The predicted octanol–water partition coefficient (Wildman–Crippen LogP) is 5.19. The van der Waals surface area contributed by atoms with Crippen LogP contribution in [0.4, 0.5) is 0 Å². The summed E-state index contributed by atoms with van der Waals surface area (Å²) in [5.74, 6) is 0.701. The van der Waals surface area contributed by atoms with Gasteiger partial charge in [0.2, 0.25) is 15.2 Å². The molecular weight excluding hydrogens is 518 g/mol. The van der Waals surface area contributed by atoms with E-state index in [4.69, 9.17) is 4.74 Å². The van der Waals surface area contributed by atoms with Crippen LogP contribution in [0.25, 0.3) is 10.8 Å². The van der Waals surface area contributed by atoms with Crippen LogP contribution in [0, 0.1) is 0 Å². The van der Waals surface area contributed by atoms with Crippen molar-refractivity contribution in [3.05, 3.63) is 114 Å². The normalized spacial score (nSPS) is 16.9. The lowest BCUT2D eigenvalue weighted by atomic mass is 10.1. The Balaban J connectivity index is 1.37. The molecule has 2 atom stereocenters. The molecule has 0 saturated carbocycles. The van der Waals surface area contributed by atoms with Gasteiger partial charge in [0.25, 0.3) is 0 Å². The van der Waals surface area contributed by atoms with E-state index in [-0.39, 0.29) is 10.1 Å². The molecule has 10 heteroatoms. The van der Waals surface area contributed by atoms with Crippen LogP contribution in [0.5, 0.6) is 5.75 Å². The first-order chi connectivity index (χ1) is 18.5. The van der Waals surface area contributed by atoms with Crippen molar-refractivity contribution in [1.29, 1.82) is 0 Å². The molecule has 4 aromatic carbocycles. The maximum Gasteiger partial charge on any atom is 0.241 e. The molecule has 2 unspecified atom stereocenters. The van der Waals surface area contributed by atoms with Gasteiger partial charge in [-0.3, -0.25) is 0 Å². The first-order valence-electron chi connectivity index (χ1n) is 11.9. The van der Waals surface area contributed by atoms with E-state index in [2.05, 4.69) is 20.0 Å². The lowest BCUT2D eigenvalue weighted by Crippen LogP contribution is -2.30. The predicted molar refractivity (Wildman–Crippen MR) is 148 cm³/mol. The summed E-state index contributed by atoms with van der Waals surface area (Å²) >= 11 is 1.42. The number of rotatable bonds is 8. The number of hydrogen-bond donors (Lipinski definition) is 1. The minimum Gasteiger partial charge on any atom is -0.496 e. The number of sulfonamides is 1. The van der Waals surface area contributed by atoms with Gasteiger partial charge >= 0.3 is 0 Å². The number of benzene rings is 4. The molecule has 0 aliphatic heterocycles. The summed E-state index contributed by atoms with van der Waals surface area (Å²) in [5, 5.41) is 15.3. The van der Waals surface area contributed by atoms with E-state index in [0.717, 1.165) is 27.5 Å². The minimum atomic E-state index is -3.78. The van der Waals surface area contributed by atoms with E-state index in [0.29, 0.717) is 10.9 Å². The second kappa shape index (κ2) is 10.1. The van der Waals surface area contributed by atoms with Crippen molar-refractivity contribution in [1.82, 2.24) is 19.6 Å². The molecule has 0 bridgehead atoms. The number of hydrogen-bond acceptors (Lipinski definition) is 7. The Morgan fingerprint density at radius 1 is 0.947 bits per heavy atom. The fraction of sp³-hybridized carbons (Fsp3) is 0.107. The van der Waals surface area contributed by atoms with E-state index in [1.165, 1.54) is 18.1 Å². The summed E-state index contributed by atoms with van der Waals surface area (Å²) in [5.41, 5.74) is 2.78. The summed E-state index contributed by atoms with van der Waals surface area (Å²) in [4.78, 5) is 0.219. The SMILES string of the molecule is COc1ccccc1/C=N\n1cnnc1SC1c2cccc3cccc(c23)C1NS(=O)(=O)c1ccccc1. The third-order valence-electron chi connectivity index (χ3n) is 6.44. The fourth-order valence-corrected chi connectivity index (χ4v) is 7.25. The van der Waals surface area contributed by atoms with Crippen molar-refractivity contribution < 1.29 is 13.2 Å². The summed E-state index contributed by atoms with van der Waals surface area (Å²) in [6.45, 7) is 0. The molecule has 8 nitrogen and oxygen atoms in total. The first-order valence-corrected chi connectivity index (χ1v) is 14.2. The monoisotopic (exact) mass is 541 g/mol. The van der Waals surface area contributed by atoms with Crippen LogP contribution >= 0.6 is 11.8 Å². The van der Waals surface area contributed by atoms with Crippen molar-refractivity contribution >= 4 is 38.8 Å². The molecule has 1 aromatic heterocycles.